The molecule has 0 radical (unpaired) electrons. The molecule has 0 bridgehead atoms. The molecule has 0 heterocycles. The van der Waals surface area contributed by atoms with Gasteiger partial charge in [-0.2, -0.15) is 13.2 Å². The van der Waals surface area contributed by atoms with Gasteiger partial charge in [-0.05, 0) is 49.7 Å². The van der Waals surface area contributed by atoms with Gasteiger partial charge < -0.3 is 10.2 Å². The van der Waals surface area contributed by atoms with Crippen LogP contribution in [0.3, 0.4) is 0 Å². The first-order valence-corrected chi connectivity index (χ1v) is 12.9. The predicted octanol–water partition coefficient (Wildman–Crippen LogP) is 4.33. The fraction of sp³-hybridized carbons (Fsp3) is 0.364. The van der Waals surface area contributed by atoms with Crippen LogP contribution in [0.15, 0.2) is 42.5 Å². The van der Waals surface area contributed by atoms with Crippen LogP contribution >= 0.6 is 23.2 Å². The van der Waals surface area contributed by atoms with E-state index in [0.717, 1.165) is 17.2 Å². The molecule has 2 aromatic rings. The van der Waals surface area contributed by atoms with Gasteiger partial charge in [-0.15, -0.1) is 0 Å². The number of amides is 2. The lowest BCUT2D eigenvalue weighted by Gasteiger charge is -2.31. The van der Waals surface area contributed by atoms with Gasteiger partial charge >= 0.3 is 6.18 Å². The SMILES string of the molecule is CCNC(=O)[C@H](C)N(Cc1cccc(Cl)c1)C(=O)CN(c1cc(C(F)(F)F)ccc1Cl)S(C)(=O)=O. The van der Waals surface area contributed by atoms with Gasteiger partial charge in [0.25, 0.3) is 0 Å². The second-order valence-corrected chi connectivity index (χ2v) is 10.4. The van der Waals surface area contributed by atoms with Crippen LogP contribution in [0.2, 0.25) is 10.0 Å². The summed E-state index contributed by atoms with van der Waals surface area (Å²) in [5.41, 5.74) is -1.08. The van der Waals surface area contributed by atoms with E-state index in [-0.39, 0.29) is 18.1 Å². The highest BCUT2D eigenvalue weighted by Gasteiger charge is 2.34. The molecule has 0 saturated heterocycles. The van der Waals surface area contributed by atoms with Crippen molar-refractivity contribution in [1.29, 1.82) is 0 Å². The van der Waals surface area contributed by atoms with E-state index in [2.05, 4.69) is 5.32 Å². The van der Waals surface area contributed by atoms with Crippen molar-refractivity contribution in [3.8, 4) is 0 Å². The molecule has 0 aliphatic carbocycles. The molecule has 0 aliphatic rings. The van der Waals surface area contributed by atoms with Gasteiger partial charge in [0.05, 0.1) is 22.5 Å². The molecule has 35 heavy (non-hydrogen) atoms. The Balaban J connectivity index is 2.50. The van der Waals surface area contributed by atoms with E-state index < -0.39 is 51.9 Å². The second-order valence-electron chi connectivity index (χ2n) is 7.66. The Morgan fingerprint density at radius 2 is 1.77 bits per heavy atom. The van der Waals surface area contributed by atoms with E-state index in [1.807, 2.05) is 0 Å². The van der Waals surface area contributed by atoms with Crippen LogP contribution < -0.4 is 9.62 Å². The van der Waals surface area contributed by atoms with Crippen molar-refractivity contribution >= 4 is 50.7 Å². The van der Waals surface area contributed by atoms with E-state index in [1.54, 1.807) is 31.2 Å². The minimum Gasteiger partial charge on any atom is -0.355 e. The number of alkyl halides is 3. The maximum Gasteiger partial charge on any atom is 0.416 e. The predicted molar refractivity (Wildman–Crippen MR) is 129 cm³/mol. The van der Waals surface area contributed by atoms with Crippen molar-refractivity contribution in [2.45, 2.75) is 32.6 Å². The summed E-state index contributed by atoms with van der Waals surface area (Å²) in [4.78, 5) is 27.0. The zero-order valence-corrected chi connectivity index (χ0v) is 21.4. The molecular weight excluding hydrogens is 530 g/mol. The van der Waals surface area contributed by atoms with Crippen molar-refractivity contribution in [3.05, 3.63) is 63.6 Å². The maximum atomic E-state index is 13.3. The fourth-order valence-electron chi connectivity index (χ4n) is 3.21. The van der Waals surface area contributed by atoms with E-state index in [4.69, 9.17) is 23.2 Å². The third kappa shape index (κ3) is 7.74. The average molecular weight is 554 g/mol. The molecule has 1 atom stereocenters. The molecular formula is C22H24Cl2F3N3O4S. The highest BCUT2D eigenvalue weighted by atomic mass is 35.5. The van der Waals surface area contributed by atoms with Gasteiger partial charge in [-0.3, -0.25) is 13.9 Å². The molecule has 2 rings (SSSR count). The quantitative estimate of drug-likeness (QED) is 0.500. The summed E-state index contributed by atoms with van der Waals surface area (Å²) < 4.78 is 65.3. The monoisotopic (exact) mass is 553 g/mol. The minimum absolute atomic E-state index is 0.106. The first-order valence-electron chi connectivity index (χ1n) is 10.3. The largest absolute Gasteiger partial charge is 0.416 e. The van der Waals surface area contributed by atoms with Gasteiger partial charge in [0.2, 0.25) is 21.8 Å². The number of rotatable bonds is 9. The van der Waals surface area contributed by atoms with Crippen LogP contribution in [0.4, 0.5) is 18.9 Å². The fourth-order valence-corrected chi connectivity index (χ4v) is 4.55. The lowest BCUT2D eigenvalue weighted by molar-refractivity contribution is -0.139. The first kappa shape index (κ1) is 28.7. The molecule has 2 aromatic carbocycles. The molecule has 0 spiro atoms. The van der Waals surface area contributed by atoms with Crippen molar-refractivity contribution < 1.29 is 31.2 Å². The van der Waals surface area contributed by atoms with Crippen LogP contribution in [0.5, 0.6) is 0 Å². The molecule has 0 aromatic heterocycles. The summed E-state index contributed by atoms with van der Waals surface area (Å²) in [7, 11) is -4.25. The normalized spacial score (nSPS) is 12.7. The van der Waals surface area contributed by atoms with Crippen LogP contribution in [-0.4, -0.2) is 50.5 Å². The van der Waals surface area contributed by atoms with Gasteiger partial charge in [-0.25, -0.2) is 8.42 Å². The highest BCUT2D eigenvalue weighted by Crippen LogP contribution is 2.36. The lowest BCUT2D eigenvalue weighted by Crippen LogP contribution is -2.51. The Kier molecular flexibility index (Phi) is 9.43. The Hall–Kier alpha value is -2.50. The number of carbonyl (C=O) groups is 2. The molecule has 0 aliphatic heterocycles. The van der Waals surface area contributed by atoms with Crippen molar-refractivity contribution in [1.82, 2.24) is 10.2 Å². The smallest absolute Gasteiger partial charge is 0.355 e. The van der Waals surface area contributed by atoms with Crippen LogP contribution in [0.25, 0.3) is 0 Å². The van der Waals surface area contributed by atoms with Crippen LogP contribution in [0, 0.1) is 0 Å². The van der Waals surface area contributed by atoms with Crippen LogP contribution in [0.1, 0.15) is 25.0 Å². The highest BCUT2D eigenvalue weighted by molar-refractivity contribution is 7.92. The summed E-state index contributed by atoms with van der Waals surface area (Å²) in [6, 6.07) is 7.64. The molecule has 7 nitrogen and oxygen atoms in total. The molecule has 13 heteroatoms. The van der Waals surface area contributed by atoms with E-state index >= 15 is 0 Å². The first-order chi connectivity index (χ1) is 16.1. The molecule has 0 saturated carbocycles. The van der Waals surface area contributed by atoms with Crippen LogP contribution in [-0.2, 0) is 32.3 Å². The van der Waals surface area contributed by atoms with E-state index in [1.165, 1.54) is 6.92 Å². The Bertz CT molecular complexity index is 1190. The molecule has 2 amide bonds. The number of carbonyl (C=O) groups excluding carboxylic acids is 2. The summed E-state index contributed by atoms with van der Waals surface area (Å²) in [5.74, 6) is -1.33. The van der Waals surface area contributed by atoms with Crippen molar-refractivity contribution in [3.63, 3.8) is 0 Å². The number of benzene rings is 2. The Morgan fingerprint density at radius 3 is 2.31 bits per heavy atom. The number of hydrogen-bond donors (Lipinski definition) is 1. The number of nitrogens with one attached hydrogen (secondary N) is 1. The number of nitrogens with zero attached hydrogens (tertiary/aromatic N) is 2. The third-order valence-corrected chi connectivity index (χ3v) is 6.66. The topological polar surface area (TPSA) is 86.8 Å². The zero-order valence-electron chi connectivity index (χ0n) is 19.1. The summed E-state index contributed by atoms with van der Waals surface area (Å²) in [6.45, 7) is 2.44. The standard InChI is InChI=1S/C22H24Cl2F3N3O4S/c1-4-28-21(32)14(2)29(12-15-6-5-7-17(23)10-15)20(31)13-30(35(3,33)34)19-11-16(22(25,26)27)8-9-18(19)24/h5-11,14H,4,12-13H2,1-3H3,(H,28,32)/t14-/m0/s1. The number of likely N-dealkylation sites (N-methyl/N-ethyl adjacent to an activating group) is 1. The number of sulfonamides is 1. The van der Waals surface area contributed by atoms with Gasteiger partial charge in [0.15, 0.2) is 0 Å². The van der Waals surface area contributed by atoms with E-state index in [0.29, 0.717) is 27.0 Å². The molecule has 192 valence electrons. The second kappa shape index (κ2) is 11.5. The summed E-state index contributed by atoms with van der Waals surface area (Å²) in [6.07, 6.45) is -4.02. The molecule has 0 unspecified atom stereocenters. The van der Waals surface area contributed by atoms with Gasteiger partial charge in [0, 0.05) is 18.1 Å². The minimum atomic E-state index is -4.77. The Morgan fingerprint density at radius 1 is 1.11 bits per heavy atom. The molecule has 0 fully saturated rings. The third-order valence-electron chi connectivity index (χ3n) is 4.98. The number of hydrogen-bond acceptors (Lipinski definition) is 4. The zero-order chi connectivity index (χ0) is 26.6. The average Bonchev–Trinajstić information content (AvgIpc) is 2.74. The van der Waals surface area contributed by atoms with Crippen molar-refractivity contribution in [2.75, 3.05) is 23.7 Å². The lowest BCUT2D eigenvalue weighted by atomic mass is 10.1. The van der Waals surface area contributed by atoms with Crippen molar-refractivity contribution in [2.24, 2.45) is 0 Å². The number of halogens is 5. The van der Waals surface area contributed by atoms with Gasteiger partial charge in [0.1, 0.15) is 12.6 Å². The van der Waals surface area contributed by atoms with E-state index in [9.17, 15) is 31.2 Å². The number of anilines is 1. The Labute approximate surface area is 211 Å². The summed E-state index contributed by atoms with van der Waals surface area (Å²) in [5, 5.41) is 2.68. The molecule has 1 N–H and O–H groups in total. The maximum absolute atomic E-state index is 13.3. The van der Waals surface area contributed by atoms with Gasteiger partial charge in [-0.1, -0.05) is 35.3 Å². The summed E-state index contributed by atoms with van der Waals surface area (Å²) >= 11 is 12.1.